The predicted molar refractivity (Wildman–Crippen MR) is 292 cm³/mol. The Labute approximate surface area is 412 Å². The Kier molecular flexibility index (Phi) is 11.2. The van der Waals surface area contributed by atoms with Crippen molar-refractivity contribution < 1.29 is 0 Å². The standard InChI is InChI=1S/C65H44N6/c66-45-50-41-49(33-38-58(50)62-44-61(47-19-7-1-8-20-47)67-65(68-62)48-21-9-2-10-22-48)46-31-34-55(35-32-46)71-63-39-36-56(69(51-23-11-3-12-24-51)52-25-13-4-14-26-52)42-59(63)60-43-57(37-40-64(60)71)70(53-27-15-5-16-28-53)54-29-17-6-18-30-54/h1-44H. The third-order valence-corrected chi connectivity index (χ3v) is 13.0. The normalized spacial score (nSPS) is 11.1. The van der Waals surface area contributed by atoms with Gasteiger partial charge in [0.2, 0.25) is 0 Å². The molecule has 0 spiro atoms. The molecule has 0 amide bonds. The summed E-state index contributed by atoms with van der Waals surface area (Å²) in [7, 11) is 0. The monoisotopic (exact) mass is 908 g/mol. The largest absolute Gasteiger partial charge is 0.310 e. The van der Waals surface area contributed by atoms with Crippen molar-refractivity contribution in [1.29, 1.82) is 5.26 Å². The highest BCUT2D eigenvalue weighted by atomic mass is 15.1. The zero-order valence-electron chi connectivity index (χ0n) is 38.6. The summed E-state index contributed by atoms with van der Waals surface area (Å²) in [6.45, 7) is 0. The third-order valence-electron chi connectivity index (χ3n) is 13.0. The van der Waals surface area contributed by atoms with Crippen molar-refractivity contribution in [2.75, 3.05) is 9.80 Å². The number of benzene rings is 10. The maximum atomic E-state index is 10.7. The molecule has 0 atom stereocenters. The van der Waals surface area contributed by atoms with Crippen LogP contribution in [0.25, 0.3) is 72.5 Å². The lowest BCUT2D eigenvalue weighted by molar-refractivity contribution is 1.18. The Bertz CT molecular complexity index is 3580. The van der Waals surface area contributed by atoms with Crippen LogP contribution >= 0.6 is 0 Å². The van der Waals surface area contributed by atoms with Crippen LogP contribution in [0.5, 0.6) is 0 Å². The van der Waals surface area contributed by atoms with Crippen LogP contribution in [0.15, 0.2) is 267 Å². The fourth-order valence-electron chi connectivity index (χ4n) is 9.66. The lowest BCUT2D eigenvalue weighted by Crippen LogP contribution is -2.09. The van der Waals surface area contributed by atoms with Gasteiger partial charge in [-0.3, -0.25) is 0 Å². The Hall–Kier alpha value is -9.83. The summed E-state index contributed by atoms with van der Waals surface area (Å²) in [4.78, 5) is 14.6. The number of aromatic nitrogens is 3. The molecule has 0 aliphatic heterocycles. The van der Waals surface area contributed by atoms with Crippen LogP contribution in [0.3, 0.4) is 0 Å². The number of rotatable bonds is 11. The molecular formula is C65H44N6. The van der Waals surface area contributed by atoms with E-state index in [4.69, 9.17) is 9.97 Å². The van der Waals surface area contributed by atoms with Crippen LogP contribution in [0.1, 0.15) is 5.56 Å². The molecule has 10 aromatic carbocycles. The van der Waals surface area contributed by atoms with Gasteiger partial charge >= 0.3 is 0 Å². The van der Waals surface area contributed by atoms with Crippen molar-refractivity contribution in [2.45, 2.75) is 0 Å². The van der Waals surface area contributed by atoms with E-state index >= 15 is 0 Å². The van der Waals surface area contributed by atoms with Crippen LogP contribution in [-0.2, 0) is 0 Å². The number of para-hydroxylation sites is 4. The molecule has 6 heteroatoms. The molecule has 2 heterocycles. The highest BCUT2D eigenvalue weighted by Gasteiger charge is 2.21. The van der Waals surface area contributed by atoms with E-state index < -0.39 is 0 Å². The van der Waals surface area contributed by atoms with E-state index in [9.17, 15) is 5.26 Å². The Morgan fingerprint density at radius 1 is 0.338 bits per heavy atom. The Morgan fingerprint density at radius 3 is 1.23 bits per heavy atom. The second-order valence-electron chi connectivity index (χ2n) is 17.4. The minimum atomic E-state index is 0.539. The summed E-state index contributed by atoms with van der Waals surface area (Å²) in [5.41, 5.74) is 16.3. The molecule has 0 saturated heterocycles. The van der Waals surface area contributed by atoms with Gasteiger partial charge in [-0.1, -0.05) is 158 Å². The van der Waals surface area contributed by atoms with Crippen LogP contribution in [0.2, 0.25) is 0 Å². The average Bonchev–Trinajstić information content (AvgIpc) is 3.77. The van der Waals surface area contributed by atoms with Gasteiger partial charge in [0.1, 0.15) is 0 Å². The molecule has 0 aliphatic carbocycles. The van der Waals surface area contributed by atoms with Crippen LogP contribution in [0, 0.1) is 11.3 Å². The molecule has 334 valence electrons. The van der Waals surface area contributed by atoms with Gasteiger partial charge in [0, 0.05) is 67.3 Å². The first-order valence-electron chi connectivity index (χ1n) is 23.7. The van der Waals surface area contributed by atoms with Crippen LogP contribution in [-0.4, -0.2) is 14.5 Å². The molecule has 0 N–H and O–H groups in total. The SMILES string of the molecule is N#Cc1cc(-c2ccc(-n3c4ccc(N(c5ccccc5)c5ccccc5)cc4c4cc(N(c5ccccc5)c5ccccc5)ccc43)cc2)ccc1-c1cc(-c2ccccc2)nc(-c2ccccc2)n1. The Morgan fingerprint density at radius 2 is 0.761 bits per heavy atom. The topological polar surface area (TPSA) is 61.0 Å². The lowest BCUT2D eigenvalue weighted by Gasteiger charge is -2.26. The van der Waals surface area contributed by atoms with Gasteiger partial charge < -0.3 is 14.4 Å². The molecule has 0 radical (unpaired) electrons. The van der Waals surface area contributed by atoms with E-state index in [1.807, 2.05) is 78.9 Å². The molecule has 0 bridgehead atoms. The zero-order valence-corrected chi connectivity index (χ0v) is 38.6. The molecule has 12 rings (SSSR count). The van der Waals surface area contributed by atoms with Gasteiger partial charge in [-0.2, -0.15) is 5.26 Å². The van der Waals surface area contributed by atoms with Crippen molar-refractivity contribution in [1.82, 2.24) is 14.5 Å². The van der Waals surface area contributed by atoms with E-state index in [2.05, 4.69) is 208 Å². The van der Waals surface area contributed by atoms with Gasteiger partial charge in [0.25, 0.3) is 0 Å². The maximum absolute atomic E-state index is 10.7. The number of fused-ring (bicyclic) bond motifs is 3. The average molecular weight is 909 g/mol. The quantitative estimate of drug-likeness (QED) is 0.129. The van der Waals surface area contributed by atoms with Crippen molar-refractivity contribution in [3.05, 3.63) is 272 Å². The number of nitriles is 1. The van der Waals surface area contributed by atoms with Crippen molar-refractivity contribution in [3.8, 4) is 56.8 Å². The van der Waals surface area contributed by atoms with Gasteiger partial charge in [0.15, 0.2) is 5.82 Å². The van der Waals surface area contributed by atoms with E-state index in [1.165, 1.54) is 0 Å². The summed E-state index contributed by atoms with van der Waals surface area (Å²) < 4.78 is 2.36. The van der Waals surface area contributed by atoms with Gasteiger partial charge in [-0.25, -0.2) is 9.97 Å². The minimum Gasteiger partial charge on any atom is -0.310 e. The second-order valence-corrected chi connectivity index (χ2v) is 17.4. The van der Waals surface area contributed by atoms with Crippen molar-refractivity contribution >= 4 is 55.9 Å². The van der Waals surface area contributed by atoms with Gasteiger partial charge in [-0.15, -0.1) is 0 Å². The van der Waals surface area contributed by atoms with Crippen LogP contribution in [0.4, 0.5) is 34.1 Å². The number of hydrogen-bond acceptors (Lipinski definition) is 5. The van der Waals surface area contributed by atoms with E-state index in [-0.39, 0.29) is 0 Å². The summed E-state index contributed by atoms with van der Waals surface area (Å²) >= 11 is 0. The molecular weight excluding hydrogens is 865 g/mol. The van der Waals surface area contributed by atoms with Gasteiger partial charge in [0.05, 0.1) is 34.1 Å². The van der Waals surface area contributed by atoms with E-state index in [0.29, 0.717) is 17.1 Å². The second kappa shape index (κ2) is 18.7. The first-order valence-corrected chi connectivity index (χ1v) is 23.7. The molecule has 12 aromatic rings. The van der Waals surface area contributed by atoms with E-state index in [1.54, 1.807) is 0 Å². The maximum Gasteiger partial charge on any atom is 0.160 e. The van der Waals surface area contributed by atoms with Crippen molar-refractivity contribution in [2.24, 2.45) is 0 Å². The first kappa shape index (κ1) is 42.5. The fraction of sp³-hybridized carbons (Fsp3) is 0. The molecule has 0 unspecified atom stereocenters. The highest BCUT2D eigenvalue weighted by molar-refractivity contribution is 6.12. The van der Waals surface area contributed by atoms with Crippen molar-refractivity contribution in [3.63, 3.8) is 0 Å². The number of nitrogens with zero attached hydrogens (tertiary/aromatic N) is 6. The molecule has 2 aromatic heterocycles. The molecule has 0 saturated carbocycles. The molecule has 0 fully saturated rings. The summed E-state index contributed by atoms with van der Waals surface area (Å²) in [5.74, 6) is 0.609. The molecule has 6 nitrogen and oxygen atoms in total. The first-order chi connectivity index (χ1) is 35.2. The third kappa shape index (κ3) is 8.24. The highest BCUT2D eigenvalue weighted by Crippen LogP contribution is 2.43. The summed E-state index contributed by atoms with van der Waals surface area (Å²) in [6.07, 6.45) is 0. The smallest absolute Gasteiger partial charge is 0.160 e. The summed E-state index contributed by atoms with van der Waals surface area (Å²) in [5, 5.41) is 12.9. The van der Waals surface area contributed by atoms with Gasteiger partial charge in [-0.05, 0) is 120 Å². The number of hydrogen-bond donors (Lipinski definition) is 0. The Balaban J connectivity index is 0.973. The molecule has 71 heavy (non-hydrogen) atoms. The minimum absolute atomic E-state index is 0.539. The van der Waals surface area contributed by atoms with E-state index in [0.717, 1.165) is 95.1 Å². The zero-order chi connectivity index (χ0) is 47.5. The lowest BCUT2D eigenvalue weighted by atomic mass is 9.97. The number of anilines is 6. The van der Waals surface area contributed by atoms with Crippen LogP contribution < -0.4 is 9.80 Å². The fourth-order valence-corrected chi connectivity index (χ4v) is 9.66. The molecule has 0 aliphatic rings. The predicted octanol–water partition coefficient (Wildman–Crippen LogP) is 17.1. The summed E-state index contributed by atoms with van der Waals surface area (Å²) in [6, 6.07) is 95.1.